The summed E-state index contributed by atoms with van der Waals surface area (Å²) >= 11 is 0. The van der Waals surface area contributed by atoms with E-state index in [0.717, 1.165) is 25.0 Å². The molecule has 3 rings (SSSR count). The molecular formula is C16H19F3N2O2. The molecule has 2 bridgehead atoms. The number of alkyl halides is 2. The van der Waals surface area contributed by atoms with Gasteiger partial charge in [-0.3, -0.25) is 4.79 Å². The molecule has 7 heteroatoms. The van der Waals surface area contributed by atoms with Gasteiger partial charge in [-0.25, -0.2) is 4.39 Å². The van der Waals surface area contributed by atoms with Gasteiger partial charge in [-0.15, -0.1) is 0 Å². The smallest absolute Gasteiger partial charge is 0.387 e. The number of amides is 1. The van der Waals surface area contributed by atoms with Crippen LogP contribution in [0.15, 0.2) is 18.2 Å². The van der Waals surface area contributed by atoms with E-state index in [0.29, 0.717) is 24.4 Å². The number of halogens is 3. The Kier molecular flexibility index (Phi) is 4.75. The van der Waals surface area contributed by atoms with Crippen molar-refractivity contribution in [2.24, 2.45) is 5.92 Å². The number of anilines is 1. The van der Waals surface area contributed by atoms with E-state index >= 15 is 0 Å². The summed E-state index contributed by atoms with van der Waals surface area (Å²) in [6.45, 7) is -3.08. The fourth-order valence-electron chi connectivity index (χ4n) is 3.59. The van der Waals surface area contributed by atoms with Crippen molar-refractivity contribution < 1.29 is 22.7 Å². The van der Waals surface area contributed by atoms with Crippen LogP contribution in [0.5, 0.6) is 5.75 Å². The van der Waals surface area contributed by atoms with Gasteiger partial charge in [0.2, 0.25) is 5.91 Å². The SMILES string of the molecule is O=C(CC1CC2CCC(C1)N2)Nc1ccc(OC(F)F)c(F)c1. The molecule has 1 amide bonds. The van der Waals surface area contributed by atoms with Crippen molar-refractivity contribution in [1.82, 2.24) is 5.32 Å². The summed E-state index contributed by atoms with van der Waals surface area (Å²) in [7, 11) is 0. The predicted molar refractivity (Wildman–Crippen MR) is 78.9 cm³/mol. The molecule has 2 fully saturated rings. The van der Waals surface area contributed by atoms with Crippen LogP contribution in [-0.4, -0.2) is 24.6 Å². The lowest BCUT2D eigenvalue weighted by molar-refractivity contribution is -0.117. The maximum atomic E-state index is 13.6. The third-order valence-corrected chi connectivity index (χ3v) is 4.48. The Hall–Kier alpha value is -1.76. The highest BCUT2D eigenvalue weighted by Gasteiger charge is 2.34. The number of carbonyl (C=O) groups excluding carboxylic acids is 1. The van der Waals surface area contributed by atoms with Crippen molar-refractivity contribution in [3.8, 4) is 5.75 Å². The second kappa shape index (κ2) is 6.78. The van der Waals surface area contributed by atoms with E-state index in [9.17, 15) is 18.0 Å². The van der Waals surface area contributed by atoms with Gasteiger partial charge in [-0.05, 0) is 43.7 Å². The van der Waals surface area contributed by atoms with Crippen LogP contribution >= 0.6 is 0 Å². The largest absolute Gasteiger partial charge is 0.432 e. The number of carbonyl (C=O) groups is 1. The molecule has 4 nitrogen and oxygen atoms in total. The summed E-state index contributed by atoms with van der Waals surface area (Å²) in [5.41, 5.74) is 0.242. The Morgan fingerprint density at radius 1 is 1.30 bits per heavy atom. The molecular weight excluding hydrogens is 309 g/mol. The second-order valence-electron chi connectivity index (χ2n) is 6.25. The zero-order valence-electron chi connectivity index (χ0n) is 12.5. The van der Waals surface area contributed by atoms with Crippen LogP contribution in [0.1, 0.15) is 32.1 Å². The molecule has 23 heavy (non-hydrogen) atoms. The first-order valence-corrected chi connectivity index (χ1v) is 7.80. The molecule has 0 aromatic heterocycles. The average Bonchev–Trinajstić information content (AvgIpc) is 2.80. The Labute approximate surface area is 132 Å². The van der Waals surface area contributed by atoms with Crippen molar-refractivity contribution in [3.63, 3.8) is 0 Å². The lowest BCUT2D eigenvalue weighted by Crippen LogP contribution is -2.39. The number of piperidine rings is 1. The minimum absolute atomic E-state index is 0.182. The second-order valence-corrected chi connectivity index (χ2v) is 6.25. The molecule has 2 atom stereocenters. The molecule has 1 aromatic rings. The lowest BCUT2D eigenvalue weighted by atomic mass is 9.89. The molecule has 2 heterocycles. The number of rotatable bonds is 5. The number of hydrogen-bond acceptors (Lipinski definition) is 3. The van der Waals surface area contributed by atoms with Crippen LogP contribution in [0.2, 0.25) is 0 Å². The molecule has 1 aromatic carbocycles. The van der Waals surface area contributed by atoms with E-state index in [1.165, 1.54) is 18.9 Å². The first-order chi connectivity index (χ1) is 11.0. The summed E-state index contributed by atoms with van der Waals surface area (Å²) in [6, 6.07) is 4.44. The van der Waals surface area contributed by atoms with Crippen LogP contribution in [0.4, 0.5) is 18.9 Å². The molecule has 2 saturated heterocycles. The third-order valence-electron chi connectivity index (χ3n) is 4.48. The first-order valence-electron chi connectivity index (χ1n) is 7.80. The number of nitrogens with one attached hydrogen (secondary N) is 2. The van der Waals surface area contributed by atoms with Gasteiger partial charge in [-0.1, -0.05) is 0 Å². The zero-order chi connectivity index (χ0) is 16.4. The maximum absolute atomic E-state index is 13.6. The summed E-state index contributed by atoms with van der Waals surface area (Å²) in [4.78, 5) is 12.1. The van der Waals surface area contributed by atoms with Gasteiger partial charge < -0.3 is 15.4 Å². The highest BCUT2D eigenvalue weighted by molar-refractivity contribution is 5.90. The first kappa shape index (κ1) is 16.1. The zero-order valence-corrected chi connectivity index (χ0v) is 12.5. The monoisotopic (exact) mass is 328 g/mol. The summed E-state index contributed by atoms with van der Waals surface area (Å²) in [5, 5.41) is 6.13. The van der Waals surface area contributed by atoms with E-state index in [2.05, 4.69) is 15.4 Å². The van der Waals surface area contributed by atoms with Crippen molar-refractivity contribution in [3.05, 3.63) is 24.0 Å². The predicted octanol–water partition coefficient (Wildman–Crippen LogP) is 3.29. The van der Waals surface area contributed by atoms with Crippen LogP contribution in [0.3, 0.4) is 0 Å². The third kappa shape index (κ3) is 4.16. The fraction of sp³-hybridized carbons (Fsp3) is 0.562. The Bertz CT molecular complexity index is 570. The summed E-state index contributed by atoms with van der Waals surface area (Å²) in [5.74, 6) is -1.31. The Morgan fingerprint density at radius 2 is 2.00 bits per heavy atom. The van der Waals surface area contributed by atoms with Crippen molar-refractivity contribution in [2.75, 3.05) is 5.32 Å². The molecule has 2 aliphatic heterocycles. The molecule has 126 valence electrons. The van der Waals surface area contributed by atoms with Crippen molar-refractivity contribution >= 4 is 11.6 Å². The normalized spacial score (nSPS) is 26.3. The summed E-state index contributed by atoms with van der Waals surface area (Å²) in [6.07, 6.45) is 4.70. The maximum Gasteiger partial charge on any atom is 0.387 e. The molecule has 0 aliphatic carbocycles. The number of benzene rings is 1. The summed E-state index contributed by atoms with van der Waals surface area (Å²) < 4.78 is 41.8. The minimum atomic E-state index is -3.08. The number of fused-ring (bicyclic) bond motifs is 2. The van der Waals surface area contributed by atoms with Crippen molar-refractivity contribution in [2.45, 2.75) is 50.8 Å². The highest BCUT2D eigenvalue weighted by Crippen LogP contribution is 2.33. The van der Waals surface area contributed by atoms with E-state index in [1.54, 1.807) is 0 Å². The van der Waals surface area contributed by atoms with Gasteiger partial charge in [0.1, 0.15) is 0 Å². The van der Waals surface area contributed by atoms with Gasteiger partial charge in [-0.2, -0.15) is 8.78 Å². The Balaban J connectivity index is 1.54. The van der Waals surface area contributed by atoms with Gasteiger partial charge in [0, 0.05) is 30.3 Å². The topological polar surface area (TPSA) is 50.4 Å². The lowest BCUT2D eigenvalue weighted by Gasteiger charge is -2.28. The molecule has 2 aliphatic rings. The van der Waals surface area contributed by atoms with Crippen LogP contribution in [-0.2, 0) is 4.79 Å². The van der Waals surface area contributed by atoms with Gasteiger partial charge in [0.25, 0.3) is 0 Å². The van der Waals surface area contributed by atoms with Crippen LogP contribution in [0, 0.1) is 11.7 Å². The molecule has 2 unspecified atom stereocenters. The van der Waals surface area contributed by atoms with E-state index in [1.807, 2.05) is 0 Å². The van der Waals surface area contributed by atoms with E-state index < -0.39 is 18.2 Å². The standard InChI is InChI=1S/C16H19F3N2O2/c17-13-8-12(3-4-14(13)23-16(18)19)21-15(22)7-9-5-10-1-2-11(6-9)20-10/h3-4,8-11,16,20H,1-2,5-7H2,(H,21,22). The van der Waals surface area contributed by atoms with Gasteiger partial charge in [0.05, 0.1) is 0 Å². The number of hydrogen-bond donors (Lipinski definition) is 2. The van der Waals surface area contributed by atoms with Crippen molar-refractivity contribution in [1.29, 1.82) is 0 Å². The fourth-order valence-corrected chi connectivity index (χ4v) is 3.59. The van der Waals surface area contributed by atoms with Gasteiger partial charge >= 0.3 is 6.61 Å². The molecule has 0 saturated carbocycles. The average molecular weight is 328 g/mol. The van der Waals surface area contributed by atoms with Crippen LogP contribution in [0.25, 0.3) is 0 Å². The van der Waals surface area contributed by atoms with E-state index in [4.69, 9.17) is 0 Å². The molecule has 0 spiro atoms. The molecule has 2 N–H and O–H groups in total. The quantitative estimate of drug-likeness (QED) is 0.872. The van der Waals surface area contributed by atoms with Gasteiger partial charge in [0.15, 0.2) is 11.6 Å². The van der Waals surface area contributed by atoms with E-state index in [-0.39, 0.29) is 11.6 Å². The Morgan fingerprint density at radius 3 is 2.61 bits per heavy atom. The highest BCUT2D eigenvalue weighted by atomic mass is 19.3. The molecule has 0 radical (unpaired) electrons. The number of ether oxygens (including phenoxy) is 1. The minimum Gasteiger partial charge on any atom is -0.432 e. The van der Waals surface area contributed by atoms with Crippen LogP contribution < -0.4 is 15.4 Å².